The van der Waals surface area contributed by atoms with E-state index in [1.807, 2.05) is 5.32 Å². The molecule has 2 N–H and O–H groups in total. The lowest BCUT2D eigenvalue weighted by Gasteiger charge is -2.21. The molecule has 0 aliphatic heterocycles. The molecule has 0 heterocycles. The van der Waals surface area contributed by atoms with Crippen molar-refractivity contribution in [2.45, 2.75) is 57.9 Å². The van der Waals surface area contributed by atoms with E-state index in [2.05, 4.69) is 5.32 Å². The fourth-order valence-electron chi connectivity index (χ4n) is 2.16. The third kappa shape index (κ3) is 7.19. The highest BCUT2D eigenvalue weighted by Crippen LogP contribution is 2.26. The molecule has 0 saturated heterocycles. The van der Waals surface area contributed by atoms with E-state index in [0.29, 0.717) is 19.3 Å². The number of amides is 2. The first-order valence-corrected chi connectivity index (χ1v) is 6.80. The summed E-state index contributed by atoms with van der Waals surface area (Å²) in [6, 6.07) is -0.249. The number of carbonyl (C=O) groups is 2. The Kier molecular flexibility index (Phi) is 5.47. The number of halogens is 3. The molecule has 5 nitrogen and oxygen atoms in total. The van der Waals surface area contributed by atoms with Gasteiger partial charge in [-0.1, -0.05) is 0 Å². The number of alkyl carbamates (subject to hydrolysis) is 1. The molecule has 1 fully saturated rings. The minimum atomic E-state index is -4.41. The normalized spacial score (nSPS) is 22.8. The van der Waals surface area contributed by atoms with E-state index in [1.165, 1.54) is 0 Å². The van der Waals surface area contributed by atoms with Crippen molar-refractivity contribution in [3.05, 3.63) is 0 Å². The van der Waals surface area contributed by atoms with Crippen molar-refractivity contribution < 1.29 is 27.5 Å². The molecule has 0 radical (unpaired) electrons. The number of rotatable bonds is 3. The molecule has 1 rings (SSSR count). The topological polar surface area (TPSA) is 67.4 Å². The van der Waals surface area contributed by atoms with Crippen molar-refractivity contribution in [3.63, 3.8) is 0 Å². The van der Waals surface area contributed by atoms with Crippen LogP contribution in [0.3, 0.4) is 0 Å². The van der Waals surface area contributed by atoms with Gasteiger partial charge in [-0.3, -0.25) is 4.79 Å². The molecule has 2 atom stereocenters. The third-order valence-electron chi connectivity index (χ3n) is 2.99. The number of alkyl halides is 3. The van der Waals surface area contributed by atoms with Crippen LogP contribution < -0.4 is 10.6 Å². The molecule has 21 heavy (non-hydrogen) atoms. The zero-order valence-corrected chi connectivity index (χ0v) is 12.3. The van der Waals surface area contributed by atoms with Gasteiger partial charge >= 0.3 is 12.3 Å². The van der Waals surface area contributed by atoms with E-state index < -0.39 is 36.2 Å². The van der Waals surface area contributed by atoms with Crippen LogP contribution in [0.4, 0.5) is 18.0 Å². The summed E-state index contributed by atoms with van der Waals surface area (Å²) >= 11 is 0. The Balaban J connectivity index is 2.35. The minimum absolute atomic E-state index is 0.249. The molecule has 0 spiro atoms. The second kappa shape index (κ2) is 6.53. The van der Waals surface area contributed by atoms with Crippen molar-refractivity contribution in [3.8, 4) is 0 Å². The molecule has 0 aromatic carbocycles. The van der Waals surface area contributed by atoms with Crippen molar-refractivity contribution in [1.29, 1.82) is 0 Å². The largest absolute Gasteiger partial charge is 0.444 e. The lowest BCUT2D eigenvalue weighted by atomic mass is 10.1. The van der Waals surface area contributed by atoms with Gasteiger partial charge in [0.1, 0.15) is 12.1 Å². The Bertz CT molecular complexity index is 391. The van der Waals surface area contributed by atoms with Gasteiger partial charge in [-0.2, -0.15) is 13.2 Å². The van der Waals surface area contributed by atoms with E-state index in [1.54, 1.807) is 20.8 Å². The molecule has 1 aliphatic carbocycles. The van der Waals surface area contributed by atoms with Gasteiger partial charge in [0.05, 0.1) is 0 Å². The van der Waals surface area contributed by atoms with E-state index in [0.717, 1.165) is 0 Å². The molecule has 122 valence electrons. The average molecular weight is 310 g/mol. The minimum Gasteiger partial charge on any atom is -0.444 e. The van der Waals surface area contributed by atoms with Gasteiger partial charge in [-0.05, 0) is 40.0 Å². The third-order valence-corrected chi connectivity index (χ3v) is 2.99. The number of hydrogen-bond acceptors (Lipinski definition) is 3. The zero-order chi connectivity index (χ0) is 16.3. The van der Waals surface area contributed by atoms with E-state index in [9.17, 15) is 22.8 Å². The van der Waals surface area contributed by atoms with Gasteiger partial charge < -0.3 is 15.4 Å². The number of hydrogen-bond donors (Lipinski definition) is 2. The highest BCUT2D eigenvalue weighted by atomic mass is 19.4. The maximum atomic E-state index is 12.0. The van der Waals surface area contributed by atoms with Crippen molar-refractivity contribution in [2.75, 3.05) is 6.54 Å². The van der Waals surface area contributed by atoms with Gasteiger partial charge in [0, 0.05) is 12.0 Å². The standard InChI is InChI=1S/C13H21F3N2O3/c1-12(2,3)21-11(20)18-9-5-4-8(6-9)10(19)17-7-13(14,15)16/h8-9H,4-7H2,1-3H3,(H,17,19)(H,18,20)/t8-,9-/m1/s1. The Morgan fingerprint density at radius 1 is 1.19 bits per heavy atom. The molecule has 1 aliphatic rings. The van der Waals surface area contributed by atoms with Gasteiger partial charge in [0.25, 0.3) is 0 Å². The van der Waals surface area contributed by atoms with Crippen molar-refractivity contribution >= 4 is 12.0 Å². The molecule has 0 bridgehead atoms. The van der Waals surface area contributed by atoms with Gasteiger partial charge in [-0.25, -0.2) is 4.79 Å². The van der Waals surface area contributed by atoms with Crippen LogP contribution in [0.25, 0.3) is 0 Å². The molecule has 8 heteroatoms. The highest BCUT2D eigenvalue weighted by Gasteiger charge is 2.34. The van der Waals surface area contributed by atoms with Crippen LogP contribution in [-0.2, 0) is 9.53 Å². The summed E-state index contributed by atoms with van der Waals surface area (Å²) in [5, 5.41) is 4.50. The predicted octanol–water partition coefficient (Wildman–Crippen LogP) is 2.36. The van der Waals surface area contributed by atoms with E-state index >= 15 is 0 Å². The first-order chi connectivity index (χ1) is 9.46. The van der Waals surface area contributed by atoms with Crippen LogP contribution in [0, 0.1) is 5.92 Å². The molecule has 0 aromatic heterocycles. The highest BCUT2D eigenvalue weighted by molar-refractivity contribution is 5.79. The number of ether oxygens (including phenoxy) is 1. The molecular weight excluding hydrogens is 289 g/mol. The molecule has 0 aromatic rings. The van der Waals surface area contributed by atoms with Gasteiger partial charge in [-0.15, -0.1) is 0 Å². The number of carbonyl (C=O) groups excluding carboxylic acids is 2. The van der Waals surface area contributed by atoms with Crippen LogP contribution in [0.15, 0.2) is 0 Å². The summed E-state index contributed by atoms with van der Waals surface area (Å²) in [6.07, 6.45) is -3.68. The predicted molar refractivity (Wildman–Crippen MR) is 69.6 cm³/mol. The lowest BCUT2D eigenvalue weighted by molar-refractivity contribution is -0.140. The van der Waals surface area contributed by atoms with Crippen molar-refractivity contribution in [2.24, 2.45) is 5.92 Å². The molecular formula is C13H21F3N2O3. The Morgan fingerprint density at radius 2 is 1.81 bits per heavy atom. The maximum absolute atomic E-state index is 12.0. The fourth-order valence-corrected chi connectivity index (χ4v) is 2.16. The smallest absolute Gasteiger partial charge is 0.407 e. The summed E-state index contributed by atoms with van der Waals surface area (Å²) in [7, 11) is 0. The zero-order valence-electron chi connectivity index (χ0n) is 12.3. The Hall–Kier alpha value is -1.47. The Labute approximate surface area is 121 Å². The van der Waals surface area contributed by atoms with Crippen LogP contribution in [0.5, 0.6) is 0 Å². The second-order valence-corrected chi connectivity index (χ2v) is 6.19. The van der Waals surface area contributed by atoms with Gasteiger partial charge in [0.15, 0.2) is 0 Å². The monoisotopic (exact) mass is 310 g/mol. The average Bonchev–Trinajstić information content (AvgIpc) is 2.70. The fraction of sp³-hybridized carbons (Fsp3) is 0.846. The van der Waals surface area contributed by atoms with E-state index in [4.69, 9.17) is 4.74 Å². The first-order valence-electron chi connectivity index (χ1n) is 6.80. The molecule has 1 saturated carbocycles. The van der Waals surface area contributed by atoms with Gasteiger partial charge in [0.2, 0.25) is 5.91 Å². The van der Waals surface area contributed by atoms with Crippen LogP contribution in [-0.4, -0.2) is 36.4 Å². The van der Waals surface area contributed by atoms with Crippen LogP contribution >= 0.6 is 0 Å². The summed E-state index contributed by atoms with van der Waals surface area (Å²) in [6.45, 7) is 3.87. The summed E-state index contributed by atoms with van der Waals surface area (Å²) in [5.74, 6) is -1.13. The van der Waals surface area contributed by atoms with Crippen LogP contribution in [0.1, 0.15) is 40.0 Å². The molecule has 0 unspecified atom stereocenters. The lowest BCUT2D eigenvalue weighted by Crippen LogP contribution is -2.39. The quantitative estimate of drug-likeness (QED) is 0.841. The van der Waals surface area contributed by atoms with E-state index in [-0.39, 0.29) is 6.04 Å². The van der Waals surface area contributed by atoms with Crippen molar-refractivity contribution in [1.82, 2.24) is 10.6 Å². The van der Waals surface area contributed by atoms with Crippen LogP contribution in [0.2, 0.25) is 0 Å². The SMILES string of the molecule is CC(C)(C)OC(=O)N[C@@H]1CC[C@@H](C(=O)NCC(F)(F)F)C1. The second-order valence-electron chi connectivity index (χ2n) is 6.19. The molecule has 2 amide bonds. The maximum Gasteiger partial charge on any atom is 0.407 e. The first kappa shape index (κ1) is 17.6. The Morgan fingerprint density at radius 3 is 2.33 bits per heavy atom. The summed E-state index contributed by atoms with van der Waals surface area (Å²) in [4.78, 5) is 23.2. The summed E-state index contributed by atoms with van der Waals surface area (Å²) in [5.41, 5.74) is -0.619. The summed E-state index contributed by atoms with van der Waals surface area (Å²) < 4.78 is 41.2. The number of nitrogens with one attached hydrogen (secondary N) is 2.